The normalized spacial score (nSPS) is 13.5. The fourth-order valence-corrected chi connectivity index (χ4v) is 3.45. The van der Waals surface area contributed by atoms with E-state index in [1.807, 2.05) is 6.07 Å². The Labute approximate surface area is 186 Å². The molecule has 0 bridgehead atoms. The predicted molar refractivity (Wildman–Crippen MR) is 121 cm³/mol. The van der Waals surface area contributed by atoms with E-state index in [1.165, 1.54) is 7.11 Å². The van der Waals surface area contributed by atoms with Gasteiger partial charge in [-0.3, -0.25) is 4.79 Å². The van der Waals surface area contributed by atoms with Gasteiger partial charge in [0.15, 0.2) is 0 Å². The van der Waals surface area contributed by atoms with Crippen LogP contribution in [0.1, 0.15) is 16.8 Å². The number of anilines is 3. The Kier molecular flexibility index (Phi) is 7.97. The number of rotatable bonds is 8. The summed E-state index contributed by atoms with van der Waals surface area (Å²) in [5.74, 6) is -0.110. The van der Waals surface area contributed by atoms with Gasteiger partial charge in [-0.2, -0.15) is 0 Å². The molecular formula is C22H26ClN3O5. The number of amides is 1. The number of methoxy groups -OCH3 is 2. The summed E-state index contributed by atoms with van der Waals surface area (Å²) in [6.45, 7) is 3.12. The monoisotopic (exact) mass is 447 g/mol. The van der Waals surface area contributed by atoms with Gasteiger partial charge in [0.05, 0.1) is 44.4 Å². The number of benzene rings is 2. The van der Waals surface area contributed by atoms with Gasteiger partial charge < -0.3 is 29.7 Å². The zero-order valence-electron chi connectivity index (χ0n) is 17.6. The molecule has 0 saturated carbocycles. The standard InChI is InChI=1S/C22H26ClN3O5/c1-29-20-6-3-15(23)13-19(20)24-8-7-21(27)25-18-5-4-16(14-17(18)22(28)30-2)26-9-11-31-12-10-26/h3-6,13-14,24H,7-12H2,1-2H3,(H,25,27). The van der Waals surface area contributed by atoms with Crippen LogP contribution < -0.4 is 20.3 Å². The highest BCUT2D eigenvalue weighted by Gasteiger charge is 2.18. The lowest BCUT2D eigenvalue weighted by atomic mass is 10.1. The third kappa shape index (κ3) is 6.02. The molecule has 1 aliphatic rings. The van der Waals surface area contributed by atoms with Gasteiger partial charge in [-0.15, -0.1) is 0 Å². The van der Waals surface area contributed by atoms with Crippen molar-refractivity contribution in [3.05, 3.63) is 47.0 Å². The van der Waals surface area contributed by atoms with Gasteiger partial charge in [0.1, 0.15) is 5.75 Å². The van der Waals surface area contributed by atoms with E-state index < -0.39 is 5.97 Å². The summed E-state index contributed by atoms with van der Waals surface area (Å²) in [5.41, 5.74) is 2.31. The summed E-state index contributed by atoms with van der Waals surface area (Å²) in [6.07, 6.45) is 0.182. The number of nitrogens with one attached hydrogen (secondary N) is 2. The Bertz CT molecular complexity index is 931. The van der Waals surface area contributed by atoms with Crippen LogP contribution in [0.2, 0.25) is 5.02 Å². The van der Waals surface area contributed by atoms with Crippen molar-refractivity contribution in [3.8, 4) is 5.75 Å². The summed E-state index contributed by atoms with van der Waals surface area (Å²) >= 11 is 6.02. The number of nitrogens with zero attached hydrogens (tertiary/aromatic N) is 1. The maximum atomic E-state index is 12.5. The van der Waals surface area contributed by atoms with Gasteiger partial charge in [-0.05, 0) is 36.4 Å². The third-order valence-electron chi connectivity index (χ3n) is 4.89. The van der Waals surface area contributed by atoms with E-state index in [1.54, 1.807) is 37.4 Å². The van der Waals surface area contributed by atoms with E-state index >= 15 is 0 Å². The minimum absolute atomic E-state index is 0.182. The number of hydrogen-bond donors (Lipinski definition) is 2. The van der Waals surface area contributed by atoms with Gasteiger partial charge in [0.25, 0.3) is 0 Å². The molecule has 1 amide bonds. The molecule has 0 spiro atoms. The van der Waals surface area contributed by atoms with Gasteiger partial charge in [-0.25, -0.2) is 4.79 Å². The van der Waals surface area contributed by atoms with Gasteiger partial charge >= 0.3 is 5.97 Å². The van der Waals surface area contributed by atoms with Gasteiger partial charge in [-0.1, -0.05) is 11.6 Å². The van der Waals surface area contributed by atoms with Crippen molar-refractivity contribution >= 4 is 40.5 Å². The van der Waals surface area contributed by atoms with Crippen molar-refractivity contribution in [2.45, 2.75) is 6.42 Å². The van der Waals surface area contributed by atoms with E-state index in [-0.39, 0.29) is 12.3 Å². The zero-order chi connectivity index (χ0) is 22.2. The number of ether oxygens (including phenoxy) is 3. The van der Waals surface area contributed by atoms with Crippen molar-refractivity contribution in [1.82, 2.24) is 0 Å². The van der Waals surface area contributed by atoms with E-state index in [2.05, 4.69) is 15.5 Å². The first-order chi connectivity index (χ1) is 15.0. The second-order valence-electron chi connectivity index (χ2n) is 6.89. The van der Waals surface area contributed by atoms with Crippen molar-refractivity contribution in [2.75, 3.05) is 62.6 Å². The number of morpholine rings is 1. The first-order valence-corrected chi connectivity index (χ1v) is 10.3. The third-order valence-corrected chi connectivity index (χ3v) is 5.12. The van der Waals surface area contributed by atoms with Crippen molar-refractivity contribution < 1.29 is 23.8 Å². The second-order valence-corrected chi connectivity index (χ2v) is 7.33. The van der Waals surface area contributed by atoms with Gasteiger partial charge in [0, 0.05) is 36.8 Å². The molecule has 2 aromatic carbocycles. The first-order valence-electron chi connectivity index (χ1n) is 9.94. The van der Waals surface area contributed by atoms with E-state index in [4.69, 9.17) is 25.8 Å². The number of esters is 1. The largest absolute Gasteiger partial charge is 0.495 e. The summed E-state index contributed by atoms with van der Waals surface area (Å²) in [7, 11) is 2.88. The first kappa shape index (κ1) is 22.7. The second kappa shape index (κ2) is 10.9. The van der Waals surface area contributed by atoms with Gasteiger partial charge in [0.2, 0.25) is 5.91 Å². The average molecular weight is 448 g/mol. The van der Waals surface area contributed by atoms with Crippen LogP contribution in [0.5, 0.6) is 5.75 Å². The van der Waals surface area contributed by atoms with Crippen LogP contribution in [0.4, 0.5) is 17.1 Å². The van der Waals surface area contributed by atoms with Crippen LogP contribution in [0.25, 0.3) is 0 Å². The molecular weight excluding hydrogens is 422 g/mol. The predicted octanol–water partition coefficient (Wildman–Crippen LogP) is 3.41. The quantitative estimate of drug-likeness (QED) is 0.599. The Morgan fingerprint density at radius 1 is 1.10 bits per heavy atom. The molecule has 0 aromatic heterocycles. The Morgan fingerprint density at radius 3 is 2.58 bits per heavy atom. The summed E-state index contributed by atoms with van der Waals surface area (Å²) in [6, 6.07) is 10.6. The van der Waals surface area contributed by atoms with Crippen LogP contribution in [0.15, 0.2) is 36.4 Å². The number of carbonyl (C=O) groups is 2. The summed E-state index contributed by atoms with van der Waals surface area (Å²) < 4.78 is 15.6. The molecule has 2 aromatic rings. The van der Waals surface area contributed by atoms with Crippen LogP contribution in [-0.2, 0) is 14.3 Å². The maximum absolute atomic E-state index is 12.5. The molecule has 1 saturated heterocycles. The maximum Gasteiger partial charge on any atom is 0.340 e. The molecule has 0 radical (unpaired) electrons. The average Bonchev–Trinajstić information content (AvgIpc) is 2.79. The Hall–Kier alpha value is -2.97. The van der Waals surface area contributed by atoms with Crippen LogP contribution in [0.3, 0.4) is 0 Å². The lowest BCUT2D eigenvalue weighted by molar-refractivity contribution is -0.115. The Balaban J connectivity index is 1.64. The van der Waals surface area contributed by atoms with Crippen molar-refractivity contribution in [1.29, 1.82) is 0 Å². The van der Waals surface area contributed by atoms with E-state index in [9.17, 15) is 9.59 Å². The number of carbonyl (C=O) groups excluding carboxylic acids is 2. The molecule has 8 nitrogen and oxygen atoms in total. The zero-order valence-corrected chi connectivity index (χ0v) is 18.3. The number of halogens is 1. The molecule has 3 rings (SSSR count). The SMILES string of the molecule is COC(=O)c1cc(N2CCOCC2)ccc1NC(=O)CCNc1cc(Cl)ccc1OC. The fourth-order valence-electron chi connectivity index (χ4n) is 3.28. The minimum Gasteiger partial charge on any atom is -0.495 e. The number of hydrogen-bond acceptors (Lipinski definition) is 7. The fraction of sp³-hybridized carbons (Fsp3) is 0.364. The summed E-state index contributed by atoms with van der Waals surface area (Å²) in [5, 5.41) is 6.51. The molecule has 31 heavy (non-hydrogen) atoms. The molecule has 0 unspecified atom stereocenters. The topological polar surface area (TPSA) is 89.1 Å². The van der Waals surface area contributed by atoms with E-state index in [0.717, 1.165) is 18.8 Å². The highest BCUT2D eigenvalue weighted by Crippen LogP contribution is 2.28. The van der Waals surface area contributed by atoms with Crippen molar-refractivity contribution in [3.63, 3.8) is 0 Å². The highest BCUT2D eigenvalue weighted by atomic mass is 35.5. The lowest BCUT2D eigenvalue weighted by Crippen LogP contribution is -2.36. The molecule has 9 heteroatoms. The molecule has 0 aliphatic carbocycles. The Morgan fingerprint density at radius 2 is 1.87 bits per heavy atom. The molecule has 1 aliphatic heterocycles. The molecule has 166 valence electrons. The summed E-state index contributed by atoms with van der Waals surface area (Å²) in [4.78, 5) is 26.9. The highest BCUT2D eigenvalue weighted by molar-refractivity contribution is 6.30. The van der Waals surface area contributed by atoms with Crippen molar-refractivity contribution in [2.24, 2.45) is 0 Å². The van der Waals surface area contributed by atoms with Crippen LogP contribution in [0, 0.1) is 0 Å². The van der Waals surface area contributed by atoms with Crippen LogP contribution >= 0.6 is 11.6 Å². The minimum atomic E-state index is -0.507. The molecule has 1 fully saturated rings. The molecule has 1 heterocycles. The van der Waals surface area contributed by atoms with E-state index in [0.29, 0.717) is 47.5 Å². The molecule has 0 atom stereocenters. The molecule has 2 N–H and O–H groups in total. The van der Waals surface area contributed by atoms with Crippen LogP contribution in [-0.4, -0.2) is 58.9 Å². The lowest BCUT2D eigenvalue weighted by Gasteiger charge is -2.29. The smallest absolute Gasteiger partial charge is 0.340 e.